The highest BCUT2D eigenvalue weighted by Gasteiger charge is 2.15. The molecule has 2 atom stereocenters. The first kappa shape index (κ1) is 28.2. The van der Waals surface area contributed by atoms with E-state index < -0.39 is 12.3 Å². The summed E-state index contributed by atoms with van der Waals surface area (Å²) in [5.74, 6) is 3.68. The van der Waals surface area contributed by atoms with Crippen LogP contribution in [0.1, 0.15) is 80.1 Å². The molecule has 2 aliphatic carbocycles. The third kappa shape index (κ3) is 18.8. The topological polar surface area (TPSA) is 115 Å². The Labute approximate surface area is 170 Å². The fourth-order valence-electron chi connectivity index (χ4n) is 3.18. The highest BCUT2D eigenvalue weighted by atomic mass is 16.6. The maximum Gasteiger partial charge on any atom is 0.503 e. The maximum atomic E-state index is 8.56. The van der Waals surface area contributed by atoms with Crippen molar-refractivity contribution in [3.63, 3.8) is 0 Å². The summed E-state index contributed by atoms with van der Waals surface area (Å²) in [7, 11) is 0. The van der Waals surface area contributed by atoms with Crippen molar-refractivity contribution in [1.82, 2.24) is 0 Å². The van der Waals surface area contributed by atoms with E-state index >= 15 is 0 Å². The van der Waals surface area contributed by atoms with Crippen LogP contribution in [-0.4, -0.2) is 32.7 Å². The van der Waals surface area contributed by atoms with Crippen LogP contribution in [0.2, 0.25) is 0 Å². The van der Waals surface area contributed by atoms with Crippen LogP contribution in [0.25, 0.3) is 0 Å². The zero-order valence-electron chi connectivity index (χ0n) is 18.3. The quantitative estimate of drug-likeness (QED) is 0.364. The van der Waals surface area contributed by atoms with Crippen LogP contribution in [0.15, 0.2) is 23.3 Å². The van der Waals surface area contributed by atoms with Gasteiger partial charge >= 0.3 is 12.3 Å². The van der Waals surface area contributed by atoms with E-state index in [-0.39, 0.29) is 0 Å². The molecule has 0 aliphatic heterocycles. The Balaban J connectivity index is 0. The van der Waals surface area contributed by atoms with Gasteiger partial charge in [-0.1, -0.05) is 51.0 Å². The second-order valence-electron chi connectivity index (χ2n) is 8.22. The van der Waals surface area contributed by atoms with E-state index in [9.17, 15) is 0 Å². The number of carbonyl (C=O) groups is 2. The van der Waals surface area contributed by atoms with Crippen molar-refractivity contribution in [1.29, 1.82) is 0 Å². The lowest BCUT2D eigenvalue weighted by molar-refractivity contribution is 0.135. The number of rotatable bonds is 2. The highest BCUT2D eigenvalue weighted by Crippen LogP contribution is 2.29. The normalized spacial score (nSPS) is 20.9. The lowest BCUT2D eigenvalue weighted by atomic mass is 9.83. The first-order valence-corrected chi connectivity index (χ1v) is 10.0. The van der Waals surface area contributed by atoms with Crippen molar-refractivity contribution in [3.05, 3.63) is 23.3 Å². The first-order chi connectivity index (χ1) is 12.9. The van der Waals surface area contributed by atoms with E-state index in [1.165, 1.54) is 38.5 Å². The Morgan fingerprint density at radius 2 is 1.00 bits per heavy atom. The molecule has 2 aliphatic rings. The van der Waals surface area contributed by atoms with Crippen LogP contribution in [0.4, 0.5) is 9.59 Å². The van der Waals surface area contributed by atoms with E-state index in [0.29, 0.717) is 0 Å². The number of hydrogen-bond donors (Lipinski definition) is 4. The average Bonchev–Trinajstić information content (AvgIpc) is 2.55. The van der Waals surface area contributed by atoms with E-state index in [4.69, 9.17) is 30.0 Å². The van der Waals surface area contributed by atoms with Crippen LogP contribution in [0, 0.1) is 23.7 Å². The molecule has 0 amide bonds. The summed E-state index contributed by atoms with van der Waals surface area (Å²) in [4.78, 5) is 17.1. The molecular weight excluding hydrogens is 360 g/mol. The van der Waals surface area contributed by atoms with Gasteiger partial charge in [-0.15, -0.1) is 0 Å². The Hall–Kier alpha value is -1.98. The van der Waals surface area contributed by atoms with Crippen LogP contribution in [-0.2, 0) is 0 Å². The van der Waals surface area contributed by atoms with Gasteiger partial charge in [0.15, 0.2) is 0 Å². The molecule has 2 rings (SSSR count). The monoisotopic (exact) mass is 400 g/mol. The molecule has 0 aromatic rings. The minimum Gasteiger partial charge on any atom is -0.450 e. The number of hydrogen-bond acceptors (Lipinski definition) is 2. The average molecular weight is 401 g/mol. The van der Waals surface area contributed by atoms with Gasteiger partial charge in [0.1, 0.15) is 0 Å². The zero-order valence-corrected chi connectivity index (χ0v) is 18.3. The summed E-state index contributed by atoms with van der Waals surface area (Å²) in [6.07, 6.45) is 9.31. The summed E-state index contributed by atoms with van der Waals surface area (Å²) >= 11 is 0. The molecule has 0 fully saturated rings. The Kier molecular flexibility index (Phi) is 16.2. The lowest BCUT2D eigenvalue weighted by Gasteiger charge is -2.23. The smallest absolute Gasteiger partial charge is 0.450 e. The first-order valence-electron chi connectivity index (χ1n) is 10.0. The number of carboxylic acid groups (broad SMARTS) is 4. The van der Waals surface area contributed by atoms with Gasteiger partial charge in [0.05, 0.1) is 0 Å². The summed E-state index contributed by atoms with van der Waals surface area (Å²) in [5.41, 5.74) is 3.19. The third-order valence-corrected chi connectivity index (χ3v) is 5.24. The zero-order chi connectivity index (χ0) is 22.3. The van der Waals surface area contributed by atoms with Crippen molar-refractivity contribution in [2.75, 3.05) is 0 Å². The minimum absolute atomic E-state index is 0.879. The van der Waals surface area contributed by atoms with Crippen molar-refractivity contribution in [3.8, 4) is 0 Å². The maximum absolute atomic E-state index is 8.56. The molecule has 6 heteroatoms. The van der Waals surface area contributed by atoms with Crippen LogP contribution < -0.4 is 0 Å². The third-order valence-electron chi connectivity index (χ3n) is 5.24. The molecule has 164 valence electrons. The van der Waals surface area contributed by atoms with Gasteiger partial charge in [-0.2, -0.15) is 0 Å². The number of allylic oxidation sites excluding steroid dienone is 4. The summed E-state index contributed by atoms with van der Waals surface area (Å²) < 4.78 is 0. The summed E-state index contributed by atoms with van der Waals surface area (Å²) in [6, 6.07) is 0. The molecule has 0 aromatic carbocycles. The van der Waals surface area contributed by atoms with Gasteiger partial charge in [0.25, 0.3) is 0 Å². The summed E-state index contributed by atoms with van der Waals surface area (Å²) in [6.45, 7) is 13.8. The molecule has 0 spiro atoms. The van der Waals surface area contributed by atoms with Crippen molar-refractivity contribution >= 4 is 12.3 Å². The molecule has 6 nitrogen and oxygen atoms in total. The van der Waals surface area contributed by atoms with Gasteiger partial charge in [0, 0.05) is 0 Å². The fourth-order valence-corrected chi connectivity index (χ4v) is 3.18. The molecule has 0 saturated heterocycles. The van der Waals surface area contributed by atoms with Crippen molar-refractivity contribution in [2.24, 2.45) is 23.7 Å². The predicted molar refractivity (Wildman–Crippen MR) is 113 cm³/mol. The van der Waals surface area contributed by atoms with Crippen LogP contribution in [0.3, 0.4) is 0 Å². The molecule has 28 heavy (non-hydrogen) atoms. The van der Waals surface area contributed by atoms with E-state index in [0.717, 1.165) is 23.7 Å². The molecule has 0 radical (unpaired) electrons. The highest BCUT2D eigenvalue weighted by molar-refractivity contribution is 5.53. The molecule has 0 saturated carbocycles. The van der Waals surface area contributed by atoms with E-state index in [2.05, 4.69) is 53.7 Å². The summed E-state index contributed by atoms with van der Waals surface area (Å²) in [5, 5.41) is 27.9. The predicted octanol–water partition coefficient (Wildman–Crippen LogP) is 7.22. The molecule has 0 aromatic heterocycles. The molecule has 0 bridgehead atoms. The Bertz CT molecular complexity index is 451. The van der Waals surface area contributed by atoms with Gasteiger partial charge in [-0.25, -0.2) is 9.59 Å². The van der Waals surface area contributed by atoms with Gasteiger partial charge < -0.3 is 20.4 Å². The standard InChI is InChI=1S/2C10H18.2CH2O3/c2*1-8(2)10-6-4-9(3)5-7-10;2*2-1(3)4/h2*4,8,10H,5-7H2,1-3H3;2*(H2,2,3,4). The van der Waals surface area contributed by atoms with E-state index in [1.807, 2.05) is 0 Å². The van der Waals surface area contributed by atoms with Crippen molar-refractivity contribution < 1.29 is 30.0 Å². The second kappa shape index (κ2) is 16.0. The molecule has 0 heterocycles. The molecule has 2 unspecified atom stereocenters. The largest absolute Gasteiger partial charge is 0.503 e. The van der Waals surface area contributed by atoms with Crippen LogP contribution >= 0.6 is 0 Å². The van der Waals surface area contributed by atoms with Gasteiger partial charge in [-0.3, -0.25) is 0 Å². The van der Waals surface area contributed by atoms with Crippen LogP contribution in [0.5, 0.6) is 0 Å². The fraction of sp³-hybridized carbons (Fsp3) is 0.727. The van der Waals surface area contributed by atoms with Crippen molar-refractivity contribution in [2.45, 2.75) is 80.1 Å². The van der Waals surface area contributed by atoms with Gasteiger partial charge in [-0.05, 0) is 76.0 Å². The SMILES string of the molecule is CC1=CCC(C(C)C)CC1.CC1=CCC(C(C)C)CC1.O=C(O)O.O=C(O)O. The lowest BCUT2D eigenvalue weighted by Crippen LogP contribution is -2.10. The van der Waals surface area contributed by atoms with E-state index in [1.54, 1.807) is 11.1 Å². The molecule has 4 N–H and O–H groups in total. The molecular formula is C22H40O6. The Morgan fingerprint density at radius 3 is 1.14 bits per heavy atom. The van der Waals surface area contributed by atoms with Gasteiger partial charge in [0.2, 0.25) is 0 Å². The minimum atomic E-state index is -1.83. The second-order valence-corrected chi connectivity index (χ2v) is 8.22. The Morgan fingerprint density at radius 1 is 0.750 bits per heavy atom.